The van der Waals surface area contributed by atoms with E-state index in [0.717, 1.165) is 61.1 Å². The van der Waals surface area contributed by atoms with Crippen molar-refractivity contribution in [3.63, 3.8) is 0 Å². The SMILES string of the molecule is C1=Cc2c1c1cc(-c3nc(-c4ccccc4)nc(-c4ccccc4)n3)ccc1c1ccc(-c3cccc4c3oc3c(-c5ccccc5)nc(-c5ccccc5)nc34)cc21. The molecule has 1 aliphatic rings. The summed E-state index contributed by atoms with van der Waals surface area (Å²) in [7, 11) is 0. The van der Waals surface area contributed by atoms with Gasteiger partial charge in [0, 0.05) is 38.8 Å². The topological polar surface area (TPSA) is 77.6 Å². The quantitative estimate of drug-likeness (QED) is 0.157. The summed E-state index contributed by atoms with van der Waals surface area (Å²) in [5.41, 5.74) is 12.3. The molecule has 6 nitrogen and oxygen atoms in total. The maximum Gasteiger partial charge on any atom is 0.180 e. The van der Waals surface area contributed by atoms with Crippen LogP contribution in [-0.2, 0) is 0 Å². The van der Waals surface area contributed by atoms with Crippen LogP contribution in [0.1, 0.15) is 11.1 Å². The molecule has 1 aliphatic carbocycles. The Kier molecular flexibility index (Phi) is 7.43. The highest BCUT2D eigenvalue weighted by molar-refractivity contribution is 6.21. The van der Waals surface area contributed by atoms with Gasteiger partial charge in [-0.15, -0.1) is 0 Å². The molecule has 0 unspecified atom stereocenters. The minimum absolute atomic E-state index is 0.641. The summed E-state index contributed by atoms with van der Waals surface area (Å²) in [5.74, 6) is 2.60. The summed E-state index contributed by atoms with van der Waals surface area (Å²) in [6.45, 7) is 0. The third-order valence-corrected chi connectivity index (χ3v) is 11.3. The van der Waals surface area contributed by atoms with E-state index in [0.29, 0.717) is 28.9 Å². The van der Waals surface area contributed by atoms with Gasteiger partial charge in [-0.25, -0.2) is 24.9 Å². The van der Waals surface area contributed by atoms with Crippen molar-refractivity contribution in [2.75, 3.05) is 0 Å². The standard InChI is InChI=1S/C53H31N5O/c1-5-14-32(15-6-1)46-49-47(55-50(54-46)33-16-7-2-8-17-33)43-23-13-22-38(48(43)59-49)36-24-26-39-40-27-25-37(31-45(40)42-29-28-41(42)44(39)30-36)53-57-51(34-18-9-3-10-19-34)56-52(58-53)35-20-11-4-12-21-35/h1-31H. The van der Waals surface area contributed by atoms with Gasteiger partial charge in [-0.1, -0.05) is 170 Å². The Labute approximate surface area is 338 Å². The molecule has 0 bridgehead atoms. The van der Waals surface area contributed by atoms with Crippen molar-refractivity contribution in [1.82, 2.24) is 24.9 Å². The molecule has 274 valence electrons. The highest BCUT2D eigenvalue weighted by Crippen LogP contribution is 2.44. The van der Waals surface area contributed by atoms with Gasteiger partial charge >= 0.3 is 0 Å². The fourth-order valence-corrected chi connectivity index (χ4v) is 8.37. The molecule has 6 heteroatoms. The minimum Gasteiger partial charge on any atom is -0.451 e. The van der Waals surface area contributed by atoms with Crippen LogP contribution in [0.2, 0.25) is 0 Å². The van der Waals surface area contributed by atoms with Crippen molar-refractivity contribution < 1.29 is 4.42 Å². The third kappa shape index (κ3) is 5.46. The van der Waals surface area contributed by atoms with Crippen molar-refractivity contribution in [2.45, 2.75) is 0 Å². The summed E-state index contributed by atoms with van der Waals surface area (Å²) in [5, 5.41) is 5.69. The van der Waals surface area contributed by atoms with Crippen LogP contribution in [-0.4, -0.2) is 24.9 Å². The molecule has 59 heavy (non-hydrogen) atoms. The number of rotatable bonds is 6. The van der Waals surface area contributed by atoms with Gasteiger partial charge in [-0.2, -0.15) is 0 Å². The Hall–Kier alpha value is -8.09. The maximum atomic E-state index is 6.84. The zero-order chi connectivity index (χ0) is 38.9. The van der Waals surface area contributed by atoms with Crippen LogP contribution in [0.4, 0.5) is 0 Å². The van der Waals surface area contributed by atoms with Crippen LogP contribution >= 0.6 is 0 Å². The number of furan rings is 1. The molecule has 8 aromatic carbocycles. The first-order valence-electron chi connectivity index (χ1n) is 19.7. The third-order valence-electron chi connectivity index (χ3n) is 11.3. The molecule has 0 amide bonds. The van der Waals surface area contributed by atoms with Gasteiger partial charge in [0.05, 0.1) is 0 Å². The van der Waals surface area contributed by atoms with Crippen molar-refractivity contribution >= 4 is 55.8 Å². The van der Waals surface area contributed by atoms with Gasteiger partial charge in [0.15, 0.2) is 28.9 Å². The van der Waals surface area contributed by atoms with Gasteiger partial charge < -0.3 is 4.42 Å². The van der Waals surface area contributed by atoms with Crippen LogP contribution in [0.3, 0.4) is 0 Å². The summed E-state index contributed by atoms with van der Waals surface area (Å²) < 4.78 is 6.84. The highest BCUT2D eigenvalue weighted by Gasteiger charge is 2.22. The molecule has 3 aromatic heterocycles. The van der Waals surface area contributed by atoms with Gasteiger partial charge in [0.2, 0.25) is 0 Å². The van der Waals surface area contributed by atoms with Crippen molar-refractivity contribution in [1.29, 1.82) is 0 Å². The van der Waals surface area contributed by atoms with Gasteiger partial charge in [-0.05, 0) is 56.4 Å². The Morgan fingerprint density at radius 1 is 0.305 bits per heavy atom. The number of para-hydroxylation sites is 1. The first-order valence-corrected chi connectivity index (χ1v) is 19.7. The van der Waals surface area contributed by atoms with Crippen LogP contribution < -0.4 is 0 Å². The number of hydrogen-bond donors (Lipinski definition) is 0. The molecule has 0 spiro atoms. The van der Waals surface area contributed by atoms with E-state index < -0.39 is 0 Å². The molecule has 0 N–H and O–H groups in total. The molecular weight excluding hydrogens is 723 g/mol. The smallest absolute Gasteiger partial charge is 0.180 e. The number of nitrogens with zero attached hydrogens (tertiary/aromatic N) is 5. The average molecular weight is 754 g/mol. The molecule has 3 heterocycles. The van der Waals surface area contributed by atoms with Crippen molar-refractivity contribution in [3.05, 3.63) is 187 Å². The van der Waals surface area contributed by atoms with E-state index in [1.165, 1.54) is 32.7 Å². The Balaban J connectivity index is 1.00. The minimum atomic E-state index is 0.641. The number of benzene rings is 8. The number of hydrogen-bond acceptors (Lipinski definition) is 6. The molecular formula is C53H31N5O. The molecule has 0 atom stereocenters. The zero-order valence-electron chi connectivity index (χ0n) is 31.5. The lowest BCUT2D eigenvalue weighted by Gasteiger charge is -2.20. The lowest BCUT2D eigenvalue weighted by molar-refractivity contribution is 0.668. The summed E-state index contributed by atoms with van der Waals surface area (Å²) in [6.07, 6.45) is 4.42. The van der Waals surface area contributed by atoms with E-state index in [-0.39, 0.29) is 0 Å². The van der Waals surface area contributed by atoms with E-state index in [4.69, 9.17) is 29.3 Å². The van der Waals surface area contributed by atoms with Crippen LogP contribution in [0.15, 0.2) is 180 Å². The Morgan fingerprint density at radius 2 is 0.780 bits per heavy atom. The normalized spacial score (nSPS) is 12.0. The first kappa shape index (κ1) is 33.1. The Morgan fingerprint density at radius 3 is 1.32 bits per heavy atom. The summed E-state index contributed by atoms with van der Waals surface area (Å²) in [6, 6.07) is 60.2. The van der Waals surface area contributed by atoms with Gasteiger partial charge in [0.1, 0.15) is 16.8 Å². The Bertz CT molecular complexity index is 3410. The van der Waals surface area contributed by atoms with Crippen molar-refractivity contribution in [2.24, 2.45) is 0 Å². The zero-order valence-corrected chi connectivity index (χ0v) is 31.5. The lowest BCUT2D eigenvalue weighted by atomic mass is 9.84. The molecule has 0 saturated carbocycles. The van der Waals surface area contributed by atoms with E-state index in [2.05, 4.69) is 78.9 Å². The van der Waals surface area contributed by atoms with E-state index in [1.54, 1.807) is 0 Å². The van der Waals surface area contributed by atoms with Crippen LogP contribution in [0.25, 0.3) is 124 Å². The monoisotopic (exact) mass is 753 g/mol. The summed E-state index contributed by atoms with van der Waals surface area (Å²) >= 11 is 0. The fourth-order valence-electron chi connectivity index (χ4n) is 8.37. The fraction of sp³-hybridized carbons (Fsp3) is 0. The van der Waals surface area contributed by atoms with Gasteiger partial charge in [0.25, 0.3) is 0 Å². The van der Waals surface area contributed by atoms with Crippen molar-refractivity contribution in [3.8, 4) is 67.9 Å². The van der Waals surface area contributed by atoms with E-state index in [1.807, 2.05) is 109 Å². The average Bonchev–Trinajstić information content (AvgIpc) is 3.68. The van der Waals surface area contributed by atoms with Gasteiger partial charge in [-0.3, -0.25) is 0 Å². The first-order chi connectivity index (χ1) is 29.2. The van der Waals surface area contributed by atoms with Crippen LogP contribution in [0.5, 0.6) is 0 Å². The number of fused-ring (bicyclic) bond motifs is 9. The summed E-state index contributed by atoms with van der Waals surface area (Å²) in [4.78, 5) is 25.1. The molecule has 0 aliphatic heterocycles. The molecule has 0 fully saturated rings. The maximum absolute atomic E-state index is 6.84. The van der Waals surface area contributed by atoms with E-state index in [9.17, 15) is 0 Å². The van der Waals surface area contributed by atoms with Crippen LogP contribution in [0, 0.1) is 0 Å². The number of aromatic nitrogens is 5. The molecule has 11 aromatic rings. The largest absolute Gasteiger partial charge is 0.451 e. The molecule has 12 rings (SSSR count). The lowest BCUT2D eigenvalue weighted by Crippen LogP contribution is -2.01. The second-order valence-corrected chi connectivity index (χ2v) is 14.8. The predicted octanol–water partition coefficient (Wildman–Crippen LogP) is 13.4. The highest BCUT2D eigenvalue weighted by atomic mass is 16.3. The predicted molar refractivity (Wildman–Crippen MR) is 239 cm³/mol. The second kappa shape index (κ2) is 13.3. The van der Waals surface area contributed by atoms with E-state index >= 15 is 0 Å². The second-order valence-electron chi connectivity index (χ2n) is 14.8. The molecule has 0 radical (unpaired) electrons. The molecule has 0 saturated heterocycles.